The number of aliphatic imine (C=N–C) groups is 1. The summed E-state index contributed by atoms with van der Waals surface area (Å²) in [6.07, 6.45) is 11.6. The van der Waals surface area contributed by atoms with Crippen LogP contribution in [0, 0.1) is 11.3 Å². The average Bonchev–Trinajstić information content (AvgIpc) is 3.28. The first kappa shape index (κ1) is 24.2. The van der Waals surface area contributed by atoms with Gasteiger partial charge in [0.25, 0.3) is 0 Å². The van der Waals surface area contributed by atoms with Crippen LogP contribution in [0.1, 0.15) is 43.5 Å². The molecule has 0 aromatic carbocycles. The van der Waals surface area contributed by atoms with Crippen molar-refractivity contribution in [2.24, 2.45) is 10.7 Å². The van der Waals surface area contributed by atoms with Gasteiger partial charge in [0.05, 0.1) is 30.1 Å². The fourth-order valence-electron chi connectivity index (χ4n) is 4.49. The van der Waals surface area contributed by atoms with Crippen molar-refractivity contribution in [2.45, 2.75) is 38.6 Å². The van der Waals surface area contributed by atoms with Crippen LogP contribution in [0.5, 0.6) is 5.75 Å². The summed E-state index contributed by atoms with van der Waals surface area (Å²) >= 11 is 0. The number of hydrogen-bond donors (Lipinski definition) is 1. The number of piperidine rings is 1. The molecular formula is C27H31N7O. The van der Waals surface area contributed by atoms with E-state index < -0.39 is 0 Å². The number of allylic oxidation sites excluding steroid dienone is 3. The van der Waals surface area contributed by atoms with Gasteiger partial charge in [-0.15, -0.1) is 0 Å². The third-order valence-corrected chi connectivity index (χ3v) is 6.43. The molecular weight excluding hydrogens is 438 g/mol. The maximum absolute atomic E-state index is 9.56. The van der Waals surface area contributed by atoms with Crippen molar-refractivity contribution in [2.75, 3.05) is 19.7 Å². The number of hydrogen-bond acceptors (Lipinski definition) is 7. The normalized spacial score (nSPS) is 16.2. The summed E-state index contributed by atoms with van der Waals surface area (Å²) in [6.45, 7) is 9.87. The molecule has 8 nitrogen and oxygen atoms in total. The molecule has 0 spiro atoms. The van der Waals surface area contributed by atoms with Gasteiger partial charge in [0.15, 0.2) is 0 Å². The highest BCUT2D eigenvalue weighted by molar-refractivity contribution is 5.82. The second-order valence-corrected chi connectivity index (χ2v) is 8.87. The Morgan fingerprint density at radius 2 is 2.14 bits per heavy atom. The van der Waals surface area contributed by atoms with Gasteiger partial charge in [0.2, 0.25) is 0 Å². The van der Waals surface area contributed by atoms with Gasteiger partial charge in [0.1, 0.15) is 17.6 Å². The van der Waals surface area contributed by atoms with E-state index in [0.717, 1.165) is 60.5 Å². The predicted octanol–water partition coefficient (Wildman–Crippen LogP) is 3.98. The van der Waals surface area contributed by atoms with Crippen molar-refractivity contribution < 1.29 is 4.74 Å². The average molecular weight is 470 g/mol. The van der Waals surface area contributed by atoms with Crippen LogP contribution < -0.4 is 10.5 Å². The molecule has 0 unspecified atom stereocenters. The van der Waals surface area contributed by atoms with E-state index in [1.807, 2.05) is 56.5 Å². The largest absolute Gasteiger partial charge is 0.492 e. The van der Waals surface area contributed by atoms with E-state index in [-0.39, 0.29) is 5.54 Å². The molecule has 1 aliphatic rings. The molecule has 0 amide bonds. The number of nitrogens with zero attached hydrogens (tertiary/aromatic N) is 6. The van der Waals surface area contributed by atoms with Crippen LogP contribution in [-0.4, -0.2) is 51.5 Å². The number of pyridine rings is 2. The zero-order valence-corrected chi connectivity index (χ0v) is 20.3. The fraction of sp³-hybridized carbons (Fsp3) is 0.333. The lowest BCUT2D eigenvalue weighted by Crippen LogP contribution is -2.51. The highest BCUT2D eigenvalue weighted by atomic mass is 16.5. The Morgan fingerprint density at radius 1 is 1.34 bits per heavy atom. The van der Waals surface area contributed by atoms with Crippen molar-refractivity contribution in [3.8, 4) is 11.8 Å². The highest BCUT2D eigenvalue weighted by Crippen LogP contribution is 2.29. The molecule has 3 aromatic rings. The number of fused-ring (bicyclic) bond motifs is 1. The number of rotatable bonds is 8. The minimum atomic E-state index is -0.274. The number of nitriles is 1. The number of ether oxygens (including phenoxy) is 1. The molecule has 1 aliphatic heterocycles. The summed E-state index contributed by atoms with van der Waals surface area (Å²) in [7, 11) is 0. The molecule has 0 atom stereocenters. The van der Waals surface area contributed by atoms with Crippen molar-refractivity contribution in [3.05, 3.63) is 77.6 Å². The van der Waals surface area contributed by atoms with Gasteiger partial charge >= 0.3 is 0 Å². The minimum absolute atomic E-state index is 0.274. The molecule has 0 radical (unpaired) electrons. The number of aromatic nitrogens is 3. The molecule has 0 bridgehead atoms. The maximum atomic E-state index is 9.56. The number of likely N-dealkylation sites (tertiary alicyclic amines) is 1. The zero-order valence-electron chi connectivity index (χ0n) is 20.3. The Labute approximate surface area is 206 Å². The fourth-order valence-corrected chi connectivity index (χ4v) is 4.49. The van der Waals surface area contributed by atoms with E-state index in [4.69, 9.17) is 10.5 Å². The van der Waals surface area contributed by atoms with E-state index in [1.54, 1.807) is 16.9 Å². The highest BCUT2D eigenvalue weighted by Gasteiger charge is 2.31. The lowest BCUT2D eigenvalue weighted by atomic mass is 9.84. The molecule has 3 aromatic heterocycles. The van der Waals surface area contributed by atoms with Crippen molar-refractivity contribution in [3.63, 3.8) is 0 Å². The van der Waals surface area contributed by atoms with Crippen LogP contribution in [0.4, 0.5) is 0 Å². The Kier molecular flexibility index (Phi) is 7.28. The van der Waals surface area contributed by atoms with Gasteiger partial charge in [-0.05, 0) is 63.3 Å². The van der Waals surface area contributed by atoms with Crippen molar-refractivity contribution >= 4 is 17.8 Å². The Hall–Kier alpha value is -3.96. The summed E-state index contributed by atoms with van der Waals surface area (Å²) in [5.41, 5.74) is 10.6. The smallest absolute Gasteiger partial charge is 0.138 e. The maximum Gasteiger partial charge on any atom is 0.138 e. The van der Waals surface area contributed by atoms with Gasteiger partial charge in [-0.1, -0.05) is 12.1 Å². The van der Waals surface area contributed by atoms with Crippen molar-refractivity contribution in [1.82, 2.24) is 19.5 Å². The minimum Gasteiger partial charge on any atom is -0.492 e. The monoisotopic (exact) mass is 469 g/mol. The second-order valence-electron chi connectivity index (χ2n) is 8.87. The van der Waals surface area contributed by atoms with Crippen molar-refractivity contribution in [1.29, 1.82) is 5.26 Å². The van der Waals surface area contributed by atoms with Crippen LogP contribution >= 0.6 is 0 Å². The Balaban J connectivity index is 1.54. The lowest BCUT2D eigenvalue weighted by Gasteiger charge is -2.40. The Bertz CT molecular complexity index is 1290. The van der Waals surface area contributed by atoms with Crippen LogP contribution in [0.3, 0.4) is 0 Å². The third kappa shape index (κ3) is 5.42. The van der Waals surface area contributed by atoms with Gasteiger partial charge in [-0.2, -0.15) is 10.4 Å². The summed E-state index contributed by atoms with van der Waals surface area (Å²) in [5.74, 6) is 1.50. The van der Waals surface area contributed by atoms with E-state index >= 15 is 0 Å². The van der Waals surface area contributed by atoms with E-state index in [1.165, 1.54) is 0 Å². The second kappa shape index (κ2) is 10.5. The Morgan fingerprint density at radius 3 is 2.80 bits per heavy atom. The van der Waals surface area contributed by atoms with Crippen LogP contribution in [0.15, 0.2) is 65.8 Å². The lowest BCUT2D eigenvalue weighted by molar-refractivity contribution is 0.194. The van der Waals surface area contributed by atoms with Gasteiger partial charge in [0, 0.05) is 42.5 Å². The van der Waals surface area contributed by atoms with E-state index in [2.05, 4.69) is 32.8 Å². The molecule has 0 aliphatic carbocycles. The number of nitrogens with two attached hydrogens (primary N) is 1. The van der Waals surface area contributed by atoms with Crippen LogP contribution in [-0.2, 0) is 6.42 Å². The summed E-state index contributed by atoms with van der Waals surface area (Å²) in [5, 5.41) is 13.9. The van der Waals surface area contributed by atoms with Gasteiger partial charge in [-0.3, -0.25) is 4.98 Å². The molecule has 4 rings (SSSR count). The molecule has 8 heteroatoms. The summed E-state index contributed by atoms with van der Waals surface area (Å²) in [6, 6.07) is 10.1. The van der Waals surface area contributed by atoms with Crippen LogP contribution in [0.25, 0.3) is 11.1 Å². The molecule has 4 heterocycles. The summed E-state index contributed by atoms with van der Waals surface area (Å²) in [4.78, 5) is 10.9. The SMILES string of the molecule is C=N/C(=C\C=C(/C)c1cc(OCC)cn2ncc(C#N)c12)N1CCC(N)(Cc2ccccn2)CC1. The first-order valence-electron chi connectivity index (χ1n) is 11.8. The predicted molar refractivity (Wildman–Crippen MR) is 138 cm³/mol. The van der Waals surface area contributed by atoms with Crippen LogP contribution in [0.2, 0.25) is 0 Å². The molecule has 2 N–H and O–H groups in total. The quantitative estimate of drug-likeness (QED) is 0.395. The molecule has 180 valence electrons. The third-order valence-electron chi connectivity index (χ3n) is 6.43. The van der Waals surface area contributed by atoms with Gasteiger partial charge < -0.3 is 15.4 Å². The first-order valence-corrected chi connectivity index (χ1v) is 11.8. The standard InChI is InChI=1S/C27H31N7O/c1-4-35-23-15-24(26-21(17-28)18-32-34(26)19-23)20(2)8-9-25(30-3)33-13-10-27(29,11-14-33)16-22-7-5-6-12-31-22/h5-9,12,15,18-19H,3-4,10-11,13-14,16,29H2,1-2H3/b20-8+,25-9+. The molecule has 1 fully saturated rings. The first-order chi connectivity index (χ1) is 17.0. The van der Waals surface area contributed by atoms with E-state index in [9.17, 15) is 5.26 Å². The molecule has 1 saturated heterocycles. The van der Waals surface area contributed by atoms with Gasteiger partial charge in [-0.25, -0.2) is 9.51 Å². The molecule has 0 saturated carbocycles. The molecule has 35 heavy (non-hydrogen) atoms. The van der Waals surface area contributed by atoms with E-state index in [0.29, 0.717) is 17.9 Å². The summed E-state index contributed by atoms with van der Waals surface area (Å²) < 4.78 is 7.41. The topological polar surface area (TPSA) is 105 Å². The zero-order chi connectivity index (χ0) is 24.8.